The Morgan fingerprint density at radius 1 is 1.21 bits per heavy atom. The van der Waals surface area contributed by atoms with Crippen molar-refractivity contribution < 1.29 is 4.42 Å². The van der Waals surface area contributed by atoms with Gasteiger partial charge in [-0.05, 0) is 31.5 Å². The van der Waals surface area contributed by atoms with E-state index in [1.165, 1.54) is 0 Å². The summed E-state index contributed by atoms with van der Waals surface area (Å²) in [6, 6.07) is 7.38. The molecule has 0 radical (unpaired) electrons. The molecule has 0 spiro atoms. The summed E-state index contributed by atoms with van der Waals surface area (Å²) in [6.45, 7) is 3.93. The van der Waals surface area contributed by atoms with E-state index in [4.69, 9.17) is 10.2 Å². The Hall–Kier alpha value is -2.43. The number of hydrogen-bond acceptors (Lipinski definition) is 5. The van der Waals surface area contributed by atoms with Crippen LogP contribution in [-0.4, -0.2) is 15.2 Å². The first kappa shape index (κ1) is 11.6. The molecule has 5 heteroatoms. The van der Waals surface area contributed by atoms with Gasteiger partial charge in [-0.1, -0.05) is 6.92 Å². The fourth-order valence-corrected chi connectivity index (χ4v) is 2.02. The van der Waals surface area contributed by atoms with E-state index in [2.05, 4.69) is 15.2 Å². The minimum atomic E-state index is 0.565. The van der Waals surface area contributed by atoms with Crippen LogP contribution in [0.15, 0.2) is 28.7 Å². The van der Waals surface area contributed by atoms with Gasteiger partial charge in [0.2, 0.25) is 5.89 Å². The molecule has 0 atom stereocenters. The summed E-state index contributed by atoms with van der Waals surface area (Å²) in [5, 5.41) is 8.25. The normalized spacial score (nSPS) is 11.1. The number of oxazole rings is 1. The van der Waals surface area contributed by atoms with Crippen molar-refractivity contribution >= 4 is 16.8 Å². The molecule has 0 aliphatic rings. The SMILES string of the molecule is CCc1nnc(C)cc1-c1nc2ccc(N)cc2o1. The Bertz CT molecular complexity index is 748. The number of benzene rings is 1. The number of aryl methyl sites for hydroxylation is 2. The highest BCUT2D eigenvalue weighted by Crippen LogP contribution is 2.27. The Labute approximate surface area is 110 Å². The minimum Gasteiger partial charge on any atom is -0.436 e. The van der Waals surface area contributed by atoms with Gasteiger partial charge in [0.25, 0.3) is 0 Å². The van der Waals surface area contributed by atoms with Crippen LogP contribution < -0.4 is 5.73 Å². The molecule has 0 bridgehead atoms. The van der Waals surface area contributed by atoms with Gasteiger partial charge in [-0.15, -0.1) is 0 Å². The third kappa shape index (κ3) is 2.03. The zero-order valence-corrected chi connectivity index (χ0v) is 10.8. The van der Waals surface area contributed by atoms with Crippen molar-refractivity contribution in [2.45, 2.75) is 20.3 Å². The smallest absolute Gasteiger partial charge is 0.229 e. The molecule has 0 fully saturated rings. The zero-order chi connectivity index (χ0) is 13.4. The number of nitrogens with zero attached hydrogens (tertiary/aromatic N) is 3. The second-order valence-corrected chi connectivity index (χ2v) is 4.45. The average Bonchev–Trinajstić information content (AvgIpc) is 2.81. The Morgan fingerprint density at radius 2 is 2.05 bits per heavy atom. The molecule has 3 rings (SSSR count). The lowest BCUT2D eigenvalue weighted by atomic mass is 10.1. The zero-order valence-electron chi connectivity index (χ0n) is 10.8. The summed E-state index contributed by atoms with van der Waals surface area (Å²) in [5.41, 5.74) is 10.5. The number of nitrogens with two attached hydrogens (primary N) is 1. The molecule has 0 amide bonds. The fraction of sp³-hybridized carbons (Fsp3) is 0.214. The molecule has 2 heterocycles. The monoisotopic (exact) mass is 254 g/mol. The topological polar surface area (TPSA) is 77.8 Å². The van der Waals surface area contributed by atoms with E-state index in [-0.39, 0.29) is 0 Å². The first-order valence-corrected chi connectivity index (χ1v) is 6.17. The van der Waals surface area contributed by atoms with Crippen LogP contribution in [0, 0.1) is 6.92 Å². The summed E-state index contributed by atoms with van der Waals surface area (Å²) >= 11 is 0. The molecule has 19 heavy (non-hydrogen) atoms. The molecular formula is C14H14N4O. The molecule has 5 nitrogen and oxygen atoms in total. The van der Waals surface area contributed by atoms with Crippen LogP contribution in [0.25, 0.3) is 22.6 Å². The van der Waals surface area contributed by atoms with E-state index < -0.39 is 0 Å². The molecule has 2 aromatic heterocycles. The van der Waals surface area contributed by atoms with E-state index in [1.807, 2.05) is 32.0 Å². The number of anilines is 1. The average molecular weight is 254 g/mol. The number of aromatic nitrogens is 3. The first-order chi connectivity index (χ1) is 9.17. The standard InChI is InChI=1S/C14H14N4O/c1-3-11-10(6-8(2)17-18-11)14-16-12-5-4-9(15)7-13(12)19-14/h4-7H,3,15H2,1-2H3. The largest absolute Gasteiger partial charge is 0.436 e. The van der Waals surface area contributed by atoms with E-state index >= 15 is 0 Å². The third-order valence-corrected chi connectivity index (χ3v) is 2.97. The molecule has 0 saturated heterocycles. The van der Waals surface area contributed by atoms with Crippen LogP contribution in [0.1, 0.15) is 18.3 Å². The lowest BCUT2D eigenvalue weighted by molar-refractivity contribution is 0.617. The van der Waals surface area contributed by atoms with Crippen molar-refractivity contribution in [3.05, 3.63) is 35.7 Å². The van der Waals surface area contributed by atoms with Crippen molar-refractivity contribution in [2.24, 2.45) is 0 Å². The predicted molar refractivity (Wildman–Crippen MR) is 73.6 cm³/mol. The van der Waals surface area contributed by atoms with Gasteiger partial charge in [-0.2, -0.15) is 10.2 Å². The van der Waals surface area contributed by atoms with Crippen molar-refractivity contribution in [3.8, 4) is 11.5 Å². The predicted octanol–water partition coefficient (Wildman–Crippen LogP) is 2.74. The van der Waals surface area contributed by atoms with Crippen LogP contribution in [0.3, 0.4) is 0 Å². The van der Waals surface area contributed by atoms with Crippen molar-refractivity contribution in [1.29, 1.82) is 0 Å². The summed E-state index contributed by atoms with van der Waals surface area (Å²) in [4.78, 5) is 4.48. The molecule has 2 N–H and O–H groups in total. The summed E-state index contributed by atoms with van der Waals surface area (Å²) < 4.78 is 5.77. The van der Waals surface area contributed by atoms with E-state index in [9.17, 15) is 0 Å². The number of fused-ring (bicyclic) bond motifs is 1. The van der Waals surface area contributed by atoms with Gasteiger partial charge in [0.05, 0.1) is 17.0 Å². The second kappa shape index (κ2) is 4.35. The van der Waals surface area contributed by atoms with Crippen molar-refractivity contribution in [1.82, 2.24) is 15.2 Å². The van der Waals surface area contributed by atoms with Gasteiger partial charge < -0.3 is 10.2 Å². The highest BCUT2D eigenvalue weighted by Gasteiger charge is 2.13. The highest BCUT2D eigenvalue weighted by atomic mass is 16.3. The fourth-order valence-electron chi connectivity index (χ4n) is 2.02. The van der Waals surface area contributed by atoms with Crippen molar-refractivity contribution in [2.75, 3.05) is 5.73 Å². The van der Waals surface area contributed by atoms with E-state index in [0.29, 0.717) is 17.2 Å². The molecule has 0 aliphatic heterocycles. The Balaban J connectivity index is 2.21. The molecule has 0 aliphatic carbocycles. The first-order valence-electron chi connectivity index (χ1n) is 6.17. The Kier molecular flexibility index (Phi) is 2.67. The van der Waals surface area contributed by atoms with Gasteiger partial charge in [-0.3, -0.25) is 0 Å². The van der Waals surface area contributed by atoms with E-state index in [1.54, 1.807) is 6.07 Å². The summed E-state index contributed by atoms with van der Waals surface area (Å²) in [7, 11) is 0. The molecule has 0 saturated carbocycles. The third-order valence-electron chi connectivity index (χ3n) is 2.97. The lowest BCUT2D eigenvalue weighted by Gasteiger charge is -2.02. The molecule has 0 unspecified atom stereocenters. The van der Waals surface area contributed by atoms with E-state index in [0.717, 1.165) is 28.9 Å². The maximum atomic E-state index is 5.77. The number of hydrogen-bond donors (Lipinski definition) is 1. The van der Waals surface area contributed by atoms with Crippen LogP contribution in [0.2, 0.25) is 0 Å². The van der Waals surface area contributed by atoms with Crippen molar-refractivity contribution in [3.63, 3.8) is 0 Å². The van der Waals surface area contributed by atoms with Crippen LogP contribution >= 0.6 is 0 Å². The summed E-state index contributed by atoms with van der Waals surface area (Å²) in [5.74, 6) is 0.565. The molecule has 1 aromatic carbocycles. The maximum Gasteiger partial charge on any atom is 0.229 e. The minimum absolute atomic E-state index is 0.565. The Morgan fingerprint density at radius 3 is 2.84 bits per heavy atom. The maximum absolute atomic E-state index is 5.77. The molecule has 3 aromatic rings. The van der Waals surface area contributed by atoms with Gasteiger partial charge >= 0.3 is 0 Å². The van der Waals surface area contributed by atoms with Crippen LogP contribution in [-0.2, 0) is 6.42 Å². The van der Waals surface area contributed by atoms with Crippen LogP contribution in [0.4, 0.5) is 5.69 Å². The molecule has 96 valence electrons. The van der Waals surface area contributed by atoms with Gasteiger partial charge in [0.1, 0.15) is 5.52 Å². The quantitative estimate of drug-likeness (QED) is 0.711. The van der Waals surface area contributed by atoms with Crippen LogP contribution in [0.5, 0.6) is 0 Å². The summed E-state index contributed by atoms with van der Waals surface area (Å²) in [6.07, 6.45) is 0.781. The van der Waals surface area contributed by atoms with Gasteiger partial charge in [0, 0.05) is 11.8 Å². The highest BCUT2D eigenvalue weighted by molar-refractivity contribution is 5.79. The van der Waals surface area contributed by atoms with Gasteiger partial charge in [0.15, 0.2) is 5.58 Å². The number of rotatable bonds is 2. The number of nitrogen functional groups attached to an aromatic ring is 1. The second-order valence-electron chi connectivity index (χ2n) is 4.45. The molecular weight excluding hydrogens is 240 g/mol. The lowest BCUT2D eigenvalue weighted by Crippen LogP contribution is -1.97. The van der Waals surface area contributed by atoms with Gasteiger partial charge in [-0.25, -0.2) is 4.98 Å².